The van der Waals surface area contributed by atoms with Crippen LogP contribution in [0, 0.1) is 0 Å². The van der Waals surface area contributed by atoms with Crippen LogP contribution in [0.25, 0.3) is 0 Å². The average molecular weight is 243 g/mol. The molecule has 1 fully saturated rings. The lowest BCUT2D eigenvalue weighted by molar-refractivity contribution is -0.124. The highest BCUT2D eigenvalue weighted by Crippen LogP contribution is 2.05. The predicted molar refractivity (Wildman–Crippen MR) is 68.0 cm³/mol. The van der Waals surface area contributed by atoms with Crippen LogP contribution >= 0.6 is 0 Å². The van der Waals surface area contributed by atoms with Gasteiger partial charge in [0.25, 0.3) is 0 Å². The zero-order chi connectivity index (χ0) is 12.8. The minimum atomic E-state index is 0.0724. The van der Waals surface area contributed by atoms with E-state index < -0.39 is 0 Å². The molecule has 5 heteroatoms. The minimum absolute atomic E-state index is 0.0724. The molecule has 5 nitrogen and oxygen atoms in total. The average Bonchev–Trinajstić information content (AvgIpc) is 2.23. The maximum Gasteiger partial charge on any atom is 0.234 e. The molecule has 100 valence electrons. The number of piperazine rings is 1. The summed E-state index contributed by atoms with van der Waals surface area (Å²) in [6, 6.07) is 0.938. The summed E-state index contributed by atoms with van der Waals surface area (Å²) in [6.45, 7) is 9.14. The fraction of sp³-hybridized carbons (Fsp3) is 0.917. The summed E-state index contributed by atoms with van der Waals surface area (Å²) < 4.78 is 4.99. The lowest BCUT2D eigenvalue weighted by Gasteiger charge is -2.37. The van der Waals surface area contributed by atoms with E-state index in [1.54, 1.807) is 7.11 Å². The summed E-state index contributed by atoms with van der Waals surface area (Å²) in [6.07, 6.45) is 0. The Bertz CT molecular complexity index is 248. The molecule has 0 aliphatic carbocycles. The van der Waals surface area contributed by atoms with Crippen molar-refractivity contribution < 1.29 is 9.53 Å². The molecule has 0 saturated carbocycles. The number of carbonyl (C=O) groups is 1. The molecular formula is C12H25N3O2. The Hall–Kier alpha value is -0.650. The molecule has 1 aliphatic rings. The summed E-state index contributed by atoms with van der Waals surface area (Å²) in [5, 5.41) is 6.34. The molecule has 1 saturated heterocycles. The van der Waals surface area contributed by atoms with Gasteiger partial charge in [-0.2, -0.15) is 0 Å². The monoisotopic (exact) mass is 243 g/mol. The molecule has 3 unspecified atom stereocenters. The second kappa shape index (κ2) is 6.93. The predicted octanol–water partition coefficient (Wildman–Crippen LogP) is -0.180. The number of rotatable bonds is 5. The molecule has 3 atom stereocenters. The van der Waals surface area contributed by atoms with Gasteiger partial charge < -0.3 is 15.4 Å². The lowest BCUT2D eigenvalue weighted by atomic mass is 10.1. The minimum Gasteiger partial charge on any atom is -0.383 e. The van der Waals surface area contributed by atoms with E-state index in [1.165, 1.54) is 0 Å². The molecule has 0 bridgehead atoms. The summed E-state index contributed by atoms with van der Waals surface area (Å²) in [5.41, 5.74) is 0. The van der Waals surface area contributed by atoms with Gasteiger partial charge >= 0.3 is 0 Å². The molecule has 0 radical (unpaired) electrons. The SMILES string of the molecule is COCC(C)NC(=O)CN1CC(C)NCC1C. The molecule has 1 rings (SSSR count). The van der Waals surface area contributed by atoms with Crippen LogP contribution in [0.2, 0.25) is 0 Å². The van der Waals surface area contributed by atoms with Gasteiger partial charge in [-0.3, -0.25) is 9.69 Å². The molecule has 0 spiro atoms. The third-order valence-corrected chi connectivity index (χ3v) is 3.06. The van der Waals surface area contributed by atoms with Crippen LogP contribution in [0.5, 0.6) is 0 Å². The zero-order valence-electron chi connectivity index (χ0n) is 11.3. The Morgan fingerprint density at radius 3 is 2.94 bits per heavy atom. The molecule has 1 aliphatic heterocycles. The second-order valence-corrected chi connectivity index (χ2v) is 5.01. The van der Waals surface area contributed by atoms with E-state index in [2.05, 4.69) is 29.4 Å². The van der Waals surface area contributed by atoms with Crippen molar-refractivity contribution in [2.75, 3.05) is 33.4 Å². The van der Waals surface area contributed by atoms with Crippen molar-refractivity contribution in [3.63, 3.8) is 0 Å². The first kappa shape index (κ1) is 14.4. The maximum absolute atomic E-state index is 11.8. The largest absolute Gasteiger partial charge is 0.383 e. The Kier molecular flexibility index (Phi) is 5.88. The van der Waals surface area contributed by atoms with Crippen LogP contribution in [-0.4, -0.2) is 62.3 Å². The van der Waals surface area contributed by atoms with E-state index in [9.17, 15) is 4.79 Å². The van der Waals surface area contributed by atoms with Gasteiger partial charge in [0.15, 0.2) is 0 Å². The number of nitrogens with zero attached hydrogens (tertiary/aromatic N) is 1. The summed E-state index contributed by atoms with van der Waals surface area (Å²) in [5.74, 6) is 0.0792. The fourth-order valence-corrected chi connectivity index (χ4v) is 2.11. The van der Waals surface area contributed by atoms with Gasteiger partial charge in [-0.25, -0.2) is 0 Å². The Morgan fingerprint density at radius 2 is 2.29 bits per heavy atom. The standard InChI is InChI=1S/C12H25N3O2/c1-9-6-15(11(3)5-13-9)7-12(16)14-10(2)8-17-4/h9-11,13H,5-8H2,1-4H3,(H,14,16). The Labute approximate surface area is 104 Å². The van der Waals surface area contributed by atoms with E-state index in [0.717, 1.165) is 13.1 Å². The van der Waals surface area contributed by atoms with Crippen LogP contribution in [0.4, 0.5) is 0 Å². The quantitative estimate of drug-likeness (QED) is 0.703. The number of ether oxygens (including phenoxy) is 1. The first-order valence-electron chi connectivity index (χ1n) is 6.28. The third-order valence-electron chi connectivity index (χ3n) is 3.06. The zero-order valence-corrected chi connectivity index (χ0v) is 11.3. The van der Waals surface area contributed by atoms with Crippen LogP contribution < -0.4 is 10.6 Å². The lowest BCUT2D eigenvalue weighted by Crippen LogP contribution is -2.56. The highest BCUT2D eigenvalue weighted by atomic mass is 16.5. The number of methoxy groups -OCH3 is 1. The smallest absolute Gasteiger partial charge is 0.234 e. The van der Waals surface area contributed by atoms with E-state index in [1.807, 2.05) is 6.92 Å². The number of hydrogen-bond acceptors (Lipinski definition) is 4. The van der Waals surface area contributed by atoms with Gasteiger partial charge in [0.05, 0.1) is 13.2 Å². The normalized spacial score (nSPS) is 27.8. The number of nitrogens with one attached hydrogen (secondary N) is 2. The van der Waals surface area contributed by atoms with Crippen LogP contribution in [-0.2, 0) is 9.53 Å². The van der Waals surface area contributed by atoms with E-state index in [-0.39, 0.29) is 11.9 Å². The van der Waals surface area contributed by atoms with Crippen molar-refractivity contribution >= 4 is 5.91 Å². The van der Waals surface area contributed by atoms with Gasteiger partial charge in [-0.15, -0.1) is 0 Å². The Morgan fingerprint density at radius 1 is 1.59 bits per heavy atom. The van der Waals surface area contributed by atoms with E-state index in [4.69, 9.17) is 4.74 Å². The molecule has 2 N–H and O–H groups in total. The van der Waals surface area contributed by atoms with Crippen molar-refractivity contribution in [3.05, 3.63) is 0 Å². The van der Waals surface area contributed by atoms with E-state index in [0.29, 0.717) is 25.2 Å². The molecule has 17 heavy (non-hydrogen) atoms. The highest BCUT2D eigenvalue weighted by molar-refractivity contribution is 5.78. The van der Waals surface area contributed by atoms with Crippen molar-refractivity contribution in [1.29, 1.82) is 0 Å². The molecular weight excluding hydrogens is 218 g/mol. The first-order chi connectivity index (χ1) is 8.02. The van der Waals surface area contributed by atoms with Gasteiger partial charge in [0, 0.05) is 38.3 Å². The topological polar surface area (TPSA) is 53.6 Å². The van der Waals surface area contributed by atoms with Gasteiger partial charge in [0.1, 0.15) is 0 Å². The number of carbonyl (C=O) groups excluding carboxylic acids is 1. The maximum atomic E-state index is 11.8. The van der Waals surface area contributed by atoms with Crippen LogP contribution in [0.1, 0.15) is 20.8 Å². The summed E-state index contributed by atoms with van der Waals surface area (Å²) in [4.78, 5) is 14.0. The molecule has 0 aromatic heterocycles. The van der Waals surface area contributed by atoms with Crippen LogP contribution in [0.15, 0.2) is 0 Å². The van der Waals surface area contributed by atoms with E-state index >= 15 is 0 Å². The molecule has 0 aromatic rings. The van der Waals surface area contributed by atoms with Gasteiger partial charge in [0.2, 0.25) is 5.91 Å². The molecule has 1 heterocycles. The third kappa shape index (κ3) is 5.02. The van der Waals surface area contributed by atoms with Crippen molar-refractivity contribution in [2.24, 2.45) is 0 Å². The number of amides is 1. The second-order valence-electron chi connectivity index (χ2n) is 5.01. The van der Waals surface area contributed by atoms with Crippen LogP contribution in [0.3, 0.4) is 0 Å². The summed E-state index contributed by atoms with van der Waals surface area (Å²) >= 11 is 0. The number of hydrogen-bond donors (Lipinski definition) is 2. The highest BCUT2D eigenvalue weighted by Gasteiger charge is 2.24. The molecule has 1 amide bonds. The van der Waals surface area contributed by atoms with Crippen molar-refractivity contribution in [2.45, 2.75) is 38.9 Å². The van der Waals surface area contributed by atoms with Crippen molar-refractivity contribution in [1.82, 2.24) is 15.5 Å². The molecule has 0 aromatic carbocycles. The Balaban J connectivity index is 2.33. The van der Waals surface area contributed by atoms with Gasteiger partial charge in [-0.05, 0) is 20.8 Å². The fourth-order valence-electron chi connectivity index (χ4n) is 2.11. The first-order valence-corrected chi connectivity index (χ1v) is 6.28. The van der Waals surface area contributed by atoms with Crippen molar-refractivity contribution in [3.8, 4) is 0 Å². The van der Waals surface area contributed by atoms with Gasteiger partial charge in [-0.1, -0.05) is 0 Å². The summed E-state index contributed by atoms with van der Waals surface area (Å²) in [7, 11) is 1.64.